The maximum atomic E-state index is 2.62. The lowest BCUT2D eigenvalue weighted by molar-refractivity contribution is -0.0418. The standard InChI is InChI=1S/C11H22N2/c1-3-6-13-9-11(10-13)4-7-12(2)8-5-11/h3-10H2,1-2H3. The Morgan fingerprint density at radius 2 is 1.77 bits per heavy atom. The van der Waals surface area contributed by atoms with Crippen LogP contribution in [0.5, 0.6) is 0 Å². The van der Waals surface area contributed by atoms with Gasteiger partial charge in [0, 0.05) is 13.1 Å². The van der Waals surface area contributed by atoms with Crippen LogP contribution in [0.25, 0.3) is 0 Å². The van der Waals surface area contributed by atoms with E-state index in [1.807, 2.05) is 0 Å². The van der Waals surface area contributed by atoms with E-state index in [2.05, 4.69) is 23.8 Å². The van der Waals surface area contributed by atoms with Gasteiger partial charge >= 0.3 is 0 Å². The number of nitrogens with zero attached hydrogens (tertiary/aromatic N) is 2. The molecule has 2 nitrogen and oxygen atoms in total. The van der Waals surface area contributed by atoms with Gasteiger partial charge in [0.2, 0.25) is 0 Å². The minimum atomic E-state index is 0.738. The van der Waals surface area contributed by atoms with Gasteiger partial charge in [-0.3, -0.25) is 0 Å². The van der Waals surface area contributed by atoms with Crippen molar-refractivity contribution < 1.29 is 0 Å². The van der Waals surface area contributed by atoms with Crippen molar-refractivity contribution in [1.82, 2.24) is 9.80 Å². The molecule has 0 aliphatic carbocycles. The molecule has 0 amide bonds. The summed E-state index contributed by atoms with van der Waals surface area (Å²) in [6.07, 6.45) is 4.18. The first-order valence-corrected chi connectivity index (χ1v) is 5.65. The molecule has 2 heterocycles. The van der Waals surface area contributed by atoms with Gasteiger partial charge < -0.3 is 9.80 Å². The van der Waals surface area contributed by atoms with Crippen molar-refractivity contribution in [1.29, 1.82) is 0 Å². The van der Waals surface area contributed by atoms with Crippen LogP contribution in [-0.2, 0) is 0 Å². The Kier molecular flexibility index (Phi) is 2.61. The van der Waals surface area contributed by atoms with E-state index in [0.29, 0.717) is 0 Å². The van der Waals surface area contributed by atoms with E-state index < -0.39 is 0 Å². The van der Waals surface area contributed by atoms with Crippen molar-refractivity contribution in [3.63, 3.8) is 0 Å². The molecular formula is C11H22N2. The third-order valence-corrected chi connectivity index (χ3v) is 3.71. The lowest BCUT2D eigenvalue weighted by Crippen LogP contribution is -2.59. The van der Waals surface area contributed by atoms with Gasteiger partial charge in [-0.1, -0.05) is 6.92 Å². The number of likely N-dealkylation sites (tertiary alicyclic amines) is 2. The van der Waals surface area contributed by atoms with E-state index in [4.69, 9.17) is 0 Å². The molecule has 1 spiro atoms. The number of hydrogen-bond acceptors (Lipinski definition) is 2. The van der Waals surface area contributed by atoms with Crippen LogP contribution < -0.4 is 0 Å². The molecule has 0 radical (unpaired) electrons. The van der Waals surface area contributed by atoms with Gasteiger partial charge in [-0.25, -0.2) is 0 Å². The highest BCUT2D eigenvalue weighted by molar-refractivity contribution is 4.97. The average molecular weight is 182 g/mol. The van der Waals surface area contributed by atoms with Gasteiger partial charge in [-0.15, -0.1) is 0 Å². The summed E-state index contributed by atoms with van der Waals surface area (Å²) in [7, 11) is 2.25. The van der Waals surface area contributed by atoms with Crippen LogP contribution >= 0.6 is 0 Å². The van der Waals surface area contributed by atoms with Crippen molar-refractivity contribution in [3.05, 3.63) is 0 Å². The van der Waals surface area contributed by atoms with Gasteiger partial charge in [0.05, 0.1) is 0 Å². The molecule has 76 valence electrons. The average Bonchev–Trinajstić information content (AvgIpc) is 2.07. The van der Waals surface area contributed by atoms with Gasteiger partial charge in [-0.2, -0.15) is 0 Å². The monoisotopic (exact) mass is 182 g/mol. The molecule has 0 aromatic carbocycles. The second-order valence-corrected chi connectivity index (χ2v) is 5.01. The molecule has 0 N–H and O–H groups in total. The summed E-state index contributed by atoms with van der Waals surface area (Å²) in [6.45, 7) is 9.00. The Morgan fingerprint density at radius 3 is 2.31 bits per heavy atom. The zero-order chi connectivity index (χ0) is 9.31. The fourth-order valence-electron chi connectivity index (χ4n) is 2.79. The Bertz CT molecular complexity index is 163. The van der Waals surface area contributed by atoms with E-state index in [0.717, 1.165) is 5.41 Å². The Balaban J connectivity index is 1.76. The van der Waals surface area contributed by atoms with Gasteiger partial charge in [0.15, 0.2) is 0 Å². The van der Waals surface area contributed by atoms with Crippen LogP contribution in [0.15, 0.2) is 0 Å². The van der Waals surface area contributed by atoms with E-state index >= 15 is 0 Å². The summed E-state index contributed by atoms with van der Waals surface area (Å²) in [4.78, 5) is 5.08. The first-order valence-electron chi connectivity index (χ1n) is 5.65. The highest BCUT2D eigenvalue weighted by atomic mass is 15.2. The predicted octanol–water partition coefficient (Wildman–Crippen LogP) is 1.42. The van der Waals surface area contributed by atoms with Crippen molar-refractivity contribution in [2.75, 3.05) is 39.8 Å². The molecule has 0 aromatic heterocycles. The summed E-state index contributed by atoms with van der Waals surface area (Å²) >= 11 is 0. The van der Waals surface area contributed by atoms with Crippen LogP contribution in [0.1, 0.15) is 26.2 Å². The highest BCUT2D eigenvalue weighted by Crippen LogP contribution is 2.39. The van der Waals surface area contributed by atoms with Crippen molar-refractivity contribution in [2.24, 2.45) is 5.41 Å². The summed E-state index contributed by atoms with van der Waals surface area (Å²) in [5, 5.41) is 0. The fraction of sp³-hybridized carbons (Fsp3) is 1.00. The maximum absolute atomic E-state index is 2.62. The topological polar surface area (TPSA) is 6.48 Å². The number of hydrogen-bond donors (Lipinski definition) is 0. The second-order valence-electron chi connectivity index (χ2n) is 5.01. The van der Waals surface area contributed by atoms with Crippen molar-refractivity contribution in [3.8, 4) is 0 Å². The molecule has 2 rings (SSSR count). The predicted molar refractivity (Wildman–Crippen MR) is 55.9 cm³/mol. The van der Waals surface area contributed by atoms with E-state index in [9.17, 15) is 0 Å². The largest absolute Gasteiger partial charge is 0.306 e. The summed E-state index contributed by atoms with van der Waals surface area (Å²) in [5.41, 5.74) is 0.738. The normalized spacial score (nSPS) is 29.1. The Labute approximate surface area is 81.9 Å². The van der Waals surface area contributed by atoms with Crippen molar-refractivity contribution >= 4 is 0 Å². The Hall–Kier alpha value is -0.0800. The molecule has 2 aliphatic rings. The minimum absolute atomic E-state index is 0.738. The van der Waals surface area contributed by atoms with Crippen molar-refractivity contribution in [2.45, 2.75) is 26.2 Å². The number of rotatable bonds is 2. The van der Waals surface area contributed by atoms with Crippen LogP contribution in [0, 0.1) is 5.41 Å². The fourth-order valence-corrected chi connectivity index (χ4v) is 2.79. The zero-order valence-electron chi connectivity index (χ0n) is 9.05. The van der Waals surface area contributed by atoms with E-state index in [1.165, 1.54) is 52.0 Å². The third-order valence-electron chi connectivity index (χ3n) is 3.71. The molecule has 2 saturated heterocycles. The molecule has 13 heavy (non-hydrogen) atoms. The molecule has 2 fully saturated rings. The van der Waals surface area contributed by atoms with Gasteiger partial charge in [0.1, 0.15) is 0 Å². The third kappa shape index (κ3) is 1.89. The summed E-state index contributed by atoms with van der Waals surface area (Å²) < 4.78 is 0. The lowest BCUT2D eigenvalue weighted by Gasteiger charge is -2.54. The second kappa shape index (κ2) is 3.58. The smallest absolute Gasteiger partial charge is 0.00514 e. The first kappa shape index (κ1) is 9.47. The van der Waals surface area contributed by atoms with Crippen LogP contribution in [0.3, 0.4) is 0 Å². The molecule has 0 saturated carbocycles. The summed E-state index contributed by atoms with van der Waals surface area (Å²) in [6, 6.07) is 0. The zero-order valence-corrected chi connectivity index (χ0v) is 9.05. The van der Waals surface area contributed by atoms with E-state index in [-0.39, 0.29) is 0 Å². The molecule has 0 bridgehead atoms. The highest BCUT2D eigenvalue weighted by Gasteiger charge is 2.43. The SMILES string of the molecule is CCCN1CC2(CCN(C)CC2)C1. The molecule has 0 unspecified atom stereocenters. The summed E-state index contributed by atoms with van der Waals surface area (Å²) in [5.74, 6) is 0. The molecular weight excluding hydrogens is 160 g/mol. The van der Waals surface area contributed by atoms with Gasteiger partial charge in [0.25, 0.3) is 0 Å². The van der Waals surface area contributed by atoms with Gasteiger partial charge in [-0.05, 0) is 51.4 Å². The van der Waals surface area contributed by atoms with Crippen LogP contribution in [-0.4, -0.2) is 49.6 Å². The maximum Gasteiger partial charge on any atom is 0.00514 e. The minimum Gasteiger partial charge on any atom is -0.306 e. The molecule has 0 aromatic rings. The van der Waals surface area contributed by atoms with Crippen LogP contribution in [0.4, 0.5) is 0 Å². The quantitative estimate of drug-likeness (QED) is 0.637. The molecule has 0 atom stereocenters. The molecule has 2 aliphatic heterocycles. The van der Waals surface area contributed by atoms with Crippen LogP contribution in [0.2, 0.25) is 0 Å². The number of piperidine rings is 1. The first-order chi connectivity index (χ1) is 6.24. The Morgan fingerprint density at radius 1 is 1.15 bits per heavy atom. The lowest BCUT2D eigenvalue weighted by atomic mass is 9.72. The van der Waals surface area contributed by atoms with E-state index in [1.54, 1.807) is 0 Å². The molecule has 2 heteroatoms.